The molecule has 1 aliphatic rings. The summed E-state index contributed by atoms with van der Waals surface area (Å²) in [7, 11) is 0. The summed E-state index contributed by atoms with van der Waals surface area (Å²) in [6, 6.07) is 12.4. The third-order valence-corrected chi connectivity index (χ3v) is 6.69. The van der Waals surface area contributed by atoms with E-state index in [1.54, 1.807) is 24.0 Å². The second kappa shape index (κ2) is 10.3. The molecule has 0 aromatic heterocycles. The lowest BCUT2D eigenvalue weighted by Gasteiger charge is -2.46. The van der Waals surface area contributed by atoms with E-state index in [2.05, 4.69) is 0 Å². The highest BCUT2D eigenvalue weighted by Gasteiger charge is 2.43. The lowest BCUT2D eigenvalue weighted by Crippen LogP contribution is -2.49. The third kappa shape index (κ3) is 6.26. The number of aryl methyl sites for hydroxylation is 1. The van der Waals surface area contributed by atoms with Crippen molar-refractivity contribution in [1.29, 1.82) is 0 Å². The summed E-state index contributed by atoms with van der Waals surface area (Å²) >= 11 is 0. The predicted molar refractivity (Wildman–Crippen MR) is 127 cm³/mol. The number of hydrogen-bond acceptors (Lipinski definition) is 3. The average molecular weight is 562 g/mol. The number of rotatable bonds is 5. The fraction of sp³-hybridized carbons (Fsp3) is 0.333. The molecule has 0 fully saturated rings. The molecule has 0 amide bonds. The van der Waals surface area contributed by atoms with Gasteiger partial charge in [-0.15, -0.1) is 0 Å². The molecule has 0 radical (unpaired) electrons. The Kier molecular flexibility index (Phi) is 7.54. The molecule has 1 heterocycles. The Morgan fingerprint density at radius 1 is 0.795 bits per heavy atom. The fourth-order valence-electron chi connectivity index (χ4n) is 4.64. The molecular weight excluding hydrogens is 539 g/mol. The third-order valence-electron chi connectivity index (χ3n) is 6.69. The summed E-state index contributed by atoms with van der Waals surface area (Å²) < 4.78 is 121. The number of nitrogens with zero attached hydrogens (tertiary/aromatic N) is 2. The van der Waals surface area contributed by atoms with E-state index in [-0.39, 0.29) is 24.3 Å². The van der Waals surface area contributed by atoms with Crippen molar-refractivity contribution in [3.8, 4) is 0 Å². The maximum Gasteiger partial charge on any atom is 0.416 e. The molecule has 210 valence electrons. The number of benzene rings is 3. The Hall–Kier alpha value is -3.41. The van der Waals surface area contributed by atoms with Crippen LogP contribution in [0.3, 0.4) is 0 Å². The van der Waals surface area contributed by atoms with E-state index in [9.17, 15) is 44.6 Å². The van der Waals surface area contributed by atoms with Gasteiger partial charge in [0, 0.05) is 13.1 Å². The number of anilines is 2. The van der Waals surface area contributed by atoms with Crippen LogP contribution in [0.4, 0.5) is 50.9 Å². The number of hydrogen-bond donors (Lipinski definition) is 1. The van der Waals surface area contributed by atoms with E-state index >= 15 is 0 Å². The van der Waals surface area contributed by atoms with Crippen LogP contribution in [-0.2, 0) is 18.9 Å². The monoisotopic (exact) mass is 562 g/mol. The Morgan fingerprint density at radius 2 is 1.41 bits per heavy atom. The number of aliphatic hydroxyl groups is 1. The van der Waals surface area contributed by atoms with Crippen molar-refractivity contribution in [2.75, 3.05) is 22.9 Å². The highest BCUT2D eigenvalue weighted by Crippen LogP contribution is 2.43. The van der Waals surface area contributed by atoms with Gasteiger partial charge in [0.2, 0.25) is 0 Å². The highest BCUT2D eigenvalue weighted by molar-refractivity contribution is 5.75. The molecule has 2 atom stereocenters. The molecule has 1 aliphatic heterocycles. The van der Waals surface area contributed by atoms with Gasteiger partial charge in [-0.2, -0.15) is 39.5 Å². The second-order valence-electron chi connectivity index (χ2n) is 9.36. The van der Waals surface area contributed by atoms with Gasteiger partial charge in [0.05, 0.1) is 35.1 Å². The van der Waals surface area contributed by atoms with Crippen molar-refractivity contribution in [2.45, 2.75) is 44.1 Å². The van der Waals surface area contributed by atoms with Gasteiger partial charge in [0.1, 0.15) is 0 Å². The number of fused-ring (bicyclic) bond motifs is 1. The van der Waals surface area contributed by atoms with E-state index < -0.39 is 48.3 Å². The maximum atomic E-state index is 13.5. The van der Waals surface area contributed by atoms with Crippen LogP contribution in [0.5, 0.6) is 0 Å². The molecule has 0 aliphatic carbocycles. The normalized spacial score (nSPS) is 17.3. The SMILES string of the molecule is Cc1ccc(C(F)(F)F)cc1CN1CC(c2cccc(C(F)(F)F)c2)N(CC(O)C(F)(F)F)c2ccccc21. The molecule has 0 bridgehead atoms. The summed E-state index contributed by atoms with van der Waals surface area (Å²) in [5.41, 5.74) is -0.448. The van der Waals surface area contributed by atoms with Crippen LogP contribution in [0.1, 0.15) is 33.9 Å². The van der Waals surface area contributed by atoms with Crippen LogP contribution in [0.15, 0.2) is 66.7 Å². The van der Waals surface area contributed by atoms with Gasteiger partial charge in [-0.3, -0.25) is 0 Å². The molecule has 0 spiro atoms. The van der Waals surface area contributed by atoms with E-state index in [4.69, 9.17) is 0 Å². The van der Waals surface area contributed by atoms with Gasteiger partial charge >= 0.3 is 18.5 Å². The van der Waals surface area contributed by atoms with Crippen LogP contribution in [0, 0.1) is 6.92 Å². The Labute approximate surface area is 218 Å². The molecule has 3 aromatic carbocycles. The number of alkyl halides is 9. The lowest BCUT2D eigenvalue weighted by molar-refractivity contribution is -0.200. The highest BCUT2D eigenvalue weighted by atomic mass is 19.4. The zero-order chi connectivity index (χ0) is 28.8. The first-order chi connectivity index (χ1) is 18.1. The standard InChI is InChI=1S/C27H23F9N2O/c1-16-9-10-20(26(31,32)33)12-18(16)13-37-14-23(17-5-4-6-19(11-17)25(28,29)30)38(15-24(39)27(34,35)36)22-8-3-2-7-21(22)37/h2-12,23-24,39H,13-15H2,1H3. The minimum Gasteiger partial charge on any atom is -0.382 e. The number of para-hydroxylation sites is 2. The largest absolute Gasteiger partial charge is 0.416 e. The smallest absolute Gasteiger partial charge is 0.382 e. The van der Waals surface area contributed by atoms with Crippen LogP contribution in [0.2, 0.25) is 0 Å². The second-order valence-corrected chi connectivity index (χ2v) is 9.36. The van der Waals surface area contributed by atoms with E-state index in [1.807, 2.05) is 0 Å². The summed E-state index contributed by atoms with van der Waals surface area (Å²) in [6.45, 7) is 0.413. The molecule has 2 unspecified atom stereocenters. The molecule has 4 rings (SSSR count). The van der Waals surface area contributed by atoms with Crippen molar-refractivity contribution in [1.82, 2.24) is 0 Å². The zero-order valence-electron chi connectivity index (χ0n) is 20.4. The van der Waals surface area contributed by atoms with Crippen molar-refractivity contribution < 1.29 is 44.6 Å². The first-order valence-electron chi connectivity index (χ1n) is 11.7. The van der Waals surface area contributed by atoms with E-state index in [0.29, 0.717) is 16.8 Å². The van der Waals surface area contributed by atoms with Gasteiger partial charge in [-0.05, 0) is 60.0 Å². The van der Waals surface area contributed by atoms with Gasteiger partial charge < -0.3 is 14.9 Å². The number of halogens is 9. The Bertz CT molecular complexity index is 1320. The molecule has 0 saturated carbocycles. The predicted octanol–water partition coefficient (Wildman–Crippen LogP) is 7.52. The maximum absolute atomic E-state index is 13.5. The van der Waals surface area contributed by atoms with Gasteiger partial charge in [-0.1, -0.05) is 30.3 Å². The van der Waals surface area contributed by atoms with Gasteiger partial charge in [0.15, 0.2) is 6.10 Å². The topological polar surface area (TPSA) is 26.7 Å². The Balaban J connectivity index is 1.82. The summed E-state index contributed by atoms with van der Waals surface area (Å²) in [5.74, 6) is 0. The zero-order valence-corrected chi connectivity index (χ0v) is 20.4. The first kappa shape index (κ1) is 28.6. The summed E-state index contributed by atoms with van der Waals surface area (Å²) in [5, 5.41) is 9.89. The molecule has 39 heavy (non-hydrogen) atoms. The molecular formula is C27H23F9N2O. The molecule has 3 aromatic rings. The van der Waals surface area contributed by atoms with Crippen LogP contribution >= 0.6 is 0 Å². The molecule has 3 nitrogen and oxygen atoms in total. The Morgan fingerprint density at radius 3 is 2.03 bits per heavy atom. The van der Waals surface area contributed by atoms with Crippen LogP contribution in [0.25, 0.3) is 0 Å². The minimum absolute atomic E-state index is 0.0412. The van der Waals surface area contributed by atoms with E-state index in [1.165, 1.54) is 29.2 Å². The molecule has 1 N–H and O–H groups in total. The summed E-state index contributed by atoms with van der Waals surface area (Å²) in [6.07, 6.45) is -17.1. The van der Waals surface area contributed by atoms with E-state index in [0.717, 1.165) is 30.3 Å². The quantitative estimate of drug-likeness (QED) is 0.326. The van der Waals surface area contributed by atoms with Crippen LogP contribution < -0.4 is 9.80 Å². The fourth-order valence-corrected chi connectivity index (χ4v) is 4.64. The van der Waals surface area contributed by atoms with Crippen LogP contribution in [-0.4, -0.2) is 30.5 Å². The molecule has 0 saturated heterocycles. The van der Waals surface area contributed by atoms with Crippen molar-refractivity contribution in [2.24, 2.45) is 0 Å². The first-order valence-corrected chi connectivity index (χ1v) is 11.7. The molecule has 12 heteroatoms. The van der Waals surface area contributed by atoms with Crippen molar-refractivity contribution >= 4 is 11.4 Å². The number of β-amino-alcohol motifs (C(OH)–C–C–N with tert-alkyl or cyclic N) is 1. The minimum atomic E-state index is -4.99. The summed E-state index contributed by atoms with van der Waals surface area (Å²) in [4.78, 5) is 2.82. The van der Waals surface area contributed by atoms with Crippen molar-refractivity contribution in [3.63, 3.8) is 0 Å². The van der Waals surface area contributed by atoms with Crippen molar-refractivity contribution in [3.05, 3.63) is 94.5 Å². The van der Waals surface area contributed by atoms with Gasteiger partial charge in [0.25, 0.3) is 0 Å². The lowest BCUT2D eigenvalue weighted by atomic mass is 9.96. The van der Waals surface area contributed by atoms with Gasteiger partial charge in [-0.25, -0.2) is 0 Å². The average Bonchev–Trinajstić information content (AvgIpc) is 2.84. The number of aliphatic hydroxyl groups excluding tert-OH is 1.